The lowest BCUT2D eigenvalue weighted by Gasteiger charge is -2.09. The van der Waals surface area contributed by atoms with E-state index in [1.807, 2.05) is 0 Å². The smallest absolute Gasteiger partial charge is 0.289 e. The molecule has 0 fully saturated rings. The first-order valence-electron chi connectivity index (χ1n) is 4.85. The van der Waals surface area contributed by atoms with Gasteiger partial charge in [-0.2, -0.15) is 5.26 Å². The molecule has 0 spiro atoms. The fourth-order valence-corrected chi connectivity index (χ4v) is 1.20. The summed E-state index contributed by atoms with van der Waals surface area (Å²) < 4.78 is 0. The lowest BCUT2D eigenvalue weighted by molar-refractivity contribution is -0.385. The van der Waals surface area contributed by atoms with Gasteiger partial charge in [-0.25, -0.2) is 0 Å². The molecule has 0 aliphatic heterocycles. The monoisotopic (exact) mass is 250 g/mol. The highest BCUT2D eigenvalue weighted by molar-refractivity contribution is 5.79. The Labute approximate surface area is 102 Å². The summed E-state index contributed by atoms with van der Waals surface area (Å²) in [7, 11) is 0. The van der Waals surface area contributed by atoms with Crippen LogP contribution in [-0.2, 0) is 4.79 Å². The van der Waals surface area contributed by atoms with Crippen LogP contribution in [0.3, 0.4) is 0 Å². The van der Waals surface area contributed by atoms with Crippen molar-refractivity contribution >= 4 is 17.3 Å². The lowest BCUT2D eigenvalue weighted by Crippen LogP contribution is -2.34. The standard InChI is InChI=1S/C10H10N4O4/c11-4-6-1-2-7(3-8(6)14(17)18)13-5-9(15)10(12)16/h1-3,9,13,15H,5H2,(H2,12,16). The molecule has 8 nitrogen and oxygen atoms in total. The summed E-state index contributed by atoms with van der Waals surface area (Å²) in [5.74, 6) is -0.898. The highest BCUT2D eigenvalue weighted by Crippen LogP contribution is 2.22. The molecule has 4 N–H and O–H groups in total. The molecule has 0 aliphatic carbocycles. The largest absolute Gasteiger partial charge is 0.382 e. The summed E-state index contributed by atoms with van der Waals surface area (Å²) in [5, 5.41) is 31.1. The fourth-order valence-electron chi connectivity index (χ4n) is 1.20. The van der Waals surface area contributed by atoms with Crippen LogP contribution >= 0.6 is 0 Å². The Kier molecular flexibility index (Phi) is 4.17. The third-order valence-corrected chi connectivity index (χ3v) is 2.14. The quantitative estimate of drug-likeness (QED) is 0.484. The highest BCUT2D eigenvalue weighted by Gasteiger charge is 2.15. The Morgan fingerprint density at radius 2 is 2.33 bits per heavy atom. The van der Waals surface area contributed by atoms with Crippen LogP contribution in [0.25, 0.3) is 0 Å². The third kappa shape index (κ3) is 3.16. The number of nitrogens with zero attached hydrogens (tertiary/aromatic N) is 2. The van der Waals surface area contributed by atoms with Crippen LogP contribution in [0.4, 0.5) is 11.4 Å². The molecule has 1 aromatic rings. The number of amides is 1. The first kappa shape index (κ1) is 13.4. The van der Waals surface area contributed by atoms with Crippen LogP contribution in [0.15, 0.2) is 18.2 Å². The Hall–Kier alpha value is -2.66. The number of aliphatic hydroxyl groups excluding tert-OH is 1. The van der Waals surface area contributed by atoms with Gasteiger partial charge >= 0.3 is 0 Å². The van der Waals surface area contributed by atoms with Gasteiger partial charge in [0.05, 0.1) is 4.92 Å². The van der Waals surface area contributed by atoms with Crippen LogP contribution in [0.1, 0.15) is 5.56 Å². The number of nitrogens with one attached hydrogen (secondary N) is 1. The topological polar surface area (TPSA) is 142 Å². The minimum atomic E-state index is -1.39. The van der Waals surface area contributed by atoms with Gasteiger partial charge in [-0.15, -0.1) is 0 Å². The van der Waals surface area contributed by atoms with E-state index in [0.29, 0.717) is 5.69 Å². The van der Waals surface area contributed by atoms with E-state index in [4.69, 9.17) is 16.1 Å². The number of rotatable bonds is 5. The van der Waals surface area contributed by atoms with Crippen molar-refractivity contribution < 1.29 is 14.8 Å². The number of aliphatic hydroxyl groups is 1. The summed E-state index contributed by atoms with van der Waals surface area (Å²) in [6.45, 7) is -0.168. The molecule has 0 radical (unpaired) electrons. The molecule has 1 unspecified atom stereocenters. The summed E-state index contributed by atoms with van der Waals surface area (Å²) in [5.41, 5.74) is 4.73. The van der Waals surface area contributed by atoms with Gasteiger partial charge in [0.15, 0.2) is 0 Å². The second-order valence-electron chi connectivity index (χ2n) is 3.40. The Balaban J connectivity index is 2.86. The van der Waals surface area contributed by atoms with Crippen molar-refractivity contribution in [3.05, 3.63) is 33.9 Å². The van der Waals surface area contributed by atoms with Crippen LogP contribution < -0.4 is 11.1 Å². The predicted octanol–water partition coefficient (Wildman–Crippen LogP) is -0.275. The Morgan fingerprint density at radius 1 is 1.67 bits per heavy atom. The van der Waals surface area contributed by atoms with Gasteiger partial charge < -0.3 is 16.2 Å². The average molecular weight is 250 g/mol. The zero-order valence-electron chi connectivity index (χ0n) is 9.16. The van der Waals surface area contributed by atoms with Gasteiger partial charge in [0.25, 0.3) is 5.69 Å². The zero-order chi connectivity index (χ0) is 13.7. The molecule has 0 saturated carbocycles. The van der Waals surface area contributed by atoms with Gasteiger partial charge in [0.1, 0.15) is 17.7 Å². The highest BCUT2D eigenvalue weighted by atomic mass is 16.6. The molecule has 1 amide bonds. The summed E-state index contributed by atoms with van der Waals surface area (Å²) in [4.78, 5) is 20.6. The fraction of sp³-hybridized carbons (Fsp3) is 0.200. The van der Waals surface area contributed by atoms with Crippen molar-refractivity contribution in [3.63, 3.8) is 0 Å². The van der Waals surface area contributed by atoms with E-state index in [0.717, 1.165) is 6.07 Å². The first-order chi connectivity index (χ1) is 8.45. The van der Waals surface area contributed by atoms with Crippen molar-refractivity contribution in [1.29, 1.82) is 5.26 Å². The number of hydrogen-bond donors (Lipinski definition) is 3. The molecule has 1 aromatic carbocycles. The number of anilines is 1. The maximum atomic E-state index is 10.7. The zero-order valence-corrected chi connectivity index (χ0v) is 9.16. The van der Waals surface area contributed by atoms with Gasteiger partial charge in [-0.1, -0.05) is 0 Å². The van der Waals surface area contributed by atoms with E-state index in [2.05, 4.69) is 5.32 Å². The SMILES string of the molecule is N#Cc1ccc(NCC(O)C(N)=O)cc1[N+](=O)[O-]. The van der Waals surface area contributed by atoms with E-state index < -0.39 is 16.9 Å². The molecule has 8 heteroatoms. The van der Waals surface area contributed by atoms with Crippen LogP contribution in [-0.4, -0.2) is 28.6 Å². The molecule has 1 rings (SSSR count). The van der Waals surface area contributed by atoms with Crippen molar-refractivity contribution in [2.45, 2.75) is 6.10 Å². The summed E-state index contributed by atoms with van der Waals surface area (Å²) in [6, 6.07) is 5.54. The number of nitro benzene ring substituents is 1. The Morgan fingerprint density at radius 3 is 2.83 bits per heavy atom. The van der Waals surface area contributed by atoms with E-state index in [9.17, 15) is 14.9 Å². The van der Waals surface area contributed by atoms with Gasteiger partial charge in [0.2, 0.25) is 5.91 Å². The van der Waals surface area contributed by atoms with Crippen molar-refractivity contribution in [3.8, 4) is 6.07 Å². The van der Waals surface area contributed by atoms with E-state index >= 15 is 0 Å². The van der Waals surface area contributed by atoms with Gasteiger partial charge in [0, 0.05) is 18.3 Å². The number of nitro groups is 1. The maximum Gasteiger partial charge on any atom is 0.289 e. The number of carbonyl (C=O) groups excluding carboxylic acids is 1. The lowest BCUT2D eigenvalue weighted by atomic mass is 10.1. The number of nitrogens with two attached hydrogens (primary N) is 1. The maximum absolute atomic E-state index is 10.7. The van der Waals surface area contributed by atoms with Gasteiger partial charge in [-0.3, -0.25) is 14.9 Å². The molecule has 1 atom stereocenters. The number of carbonyl (C=O) groups is 1. The second kappa shape index (κ2) is 5.60. The molecule has 94 valence electrons. The molecular weight excluding hydrogens is 240 g/mol. The average Bonchev–Trinajstić information content (AvgIpc) is 2.35. The molecule has 0 saturated heterocycles. The van der Waals surface area contributed by atoms with Crippen LogP contribution in [0.5, 0.6) is 0 Å². The predicted molar refractivity (Wildman–Crippen MR) is 61.5 cm³/mol. The molecule has 0 bridgehead atoms. The van der Waals surface area contributed by atoms with Gasteiger partial charge in [-0.05, 0) is 12.1 Å². The molecular formula is C10H10N4O4. The van der Waals surface area contributed by atoms with Crippen LogP contribution in [0, 0.1) is 21.4 Å². The van der Waals surface area contributed by atoms with Crippen molar-refractivity contribution in [2.24, 2.45) is 5.73 Å². The summed E-state index contributed by atoms with van der Waals surface area (Å²) >= 11 is 0. The second-order valence-corrected chi connectivity index (χ2v) is 3.40. The normalized spacial score (nSPS) is 11.3. The van der Waals surface area contributed by atoms with E-state index in [1.165, 1.54) is 12.1 Å². The molecule has 0 aliphatic rings. The minimum absolute atomic E-state index is 0.0685. The third-order valence-electron chi connectivity index (χ3n) is 2.14. The minimum Gasteiger partial charge on any atom is -0.382 e. The molecule has 18 heavy (non-hydrogen) atoms. The molecule has 0 aromatic heterocycles. The number of benzene rings is 1. The van der Waals surface area contributed by atoms with E-state index in [1.54, 1.807) is 6.07 Å². The van der Waals surface area contributed by atoms with Crippen molar-refractivity contribution in [1.82, 2.24) is 0 Å². The van der Waals surface area contributed by atoms with Crippen LogP contribution in [0.2, 0.25) is 0 Å². The molecule has 0 heterocycles. The van der Waals surface area contributed by atoms with E-state index in [-0.39, 0.29) is 17.8 Å². The number of hydrogen-bond acceptors (Lipinski definition) is 6. The Bertz CT molecular complexity index is 523. The summed E-state index contributed by atoms with van der Waals surface area (Å²) in [6.07, 6.45) is -1.39. The first-order valence-corrected chi connectivity index (χ1v) is 4.85. The number of primary amides is 1. The number of nitriles is 1. The van der Waals surface area contributed by atoms with Crippen molar-refractivity contribution in [2.75, 3.05) is 11.9 Å².